The Morgan fingerprint density at radius 2 is 2.19 bits per heavy atom. The molecule has 0 bridgehead atoms. The van der Waals surface area contributed by atoms with Crippen LogP contribution in [0.3, 0.4) is 0 Å². The molecule has 0 atom stereocenters. The van der Waals surface area contributed by atoms with E-state index in [4.69, 9.17) is 9.78 Å². The smallest absolute Gasteiger partial charge is 0.140 e. The molecule has 0 aromatic carbocycles. The predicted molar refractivity (Wildman–Crippen MR) is 74.4 cm³/mol. The first-order valence-electron chi connectivity index (χ1n) is 7.46. The van der Waals surface area contributed by atoms with E-state index in [0.717, 1.165) is 43.9 Å². The number of nitrogens with zero attached hydrogens (tertiary/aromatic N) is 5. The molecule has 2 aliphatic rings. The molecule has 0 unspecified atom stereocenters. The number of aromatic nitrogens is 3. The summed E-state index contributed by atoms with van der Waals surface area (Å²) in [4.78, 5) is 2.35. The van der Waals surface area contributed by atoms with Gasteiger partial charge >= 0.3 is 0 Å². The molecular weight excluding hydrogens is 266 g/mol. The Balaban J connectivity index is 1.38. The van der Waals surface area contributed by atoms with Crippen molar-refractivity contribution < 1.29 is 4.52 Å². The molecule has 21 heavy (non-hydrogen) atoms. The quantitative estimate of drug-likeness (QED) is 0.857. The van der Waals surface area contributed by atoms with Gasteiger partial charge in [-0.25, -0.2) is 0 Å². The molecule has 6 nitrogen and oxygen atoms in total. The van der Waals surface area contributed by atoms with E-state index < -0.39 is 0 Å². The maximum atomic E-state index is 8.83. The maximum absolute atomic E-state index is 8.83. The summed E-state index contributed by atoms with van der Waals surface area (Å²) in [5, 5.41) is 17.3. The Bertz CT molecular complexity index is 689. The molecule has 1 saturated heterocycles. The fraction of sp³-hybridized carbons (Fsp3) is 0.533. The second-order valence-electron chi connectivity index (χ2n) is 5.91. The highest BCUT2D eigenvalue weighted by Gasteiger charge is 2.31. The number of fused-ring (bicyclic) bond motifs is 1. The van der Waals surface area contributed by atoms with Crippen molar-refractivity contribution in [2.24, 2.45) is 0 Å². The number of nitriles is 1. The first kappa shape index (κ1) is 12.6. The van der Waals surface area contributed by atoms with Gasteiger partial charge in [-0.15, -0.1) is 0 Å². The molecule has 1 fully saturated rings. The molecule has 1 aliphatic carbocycles. The summed E-state index contributed by atoms with van der Waals surface area (Å²) in [7, 11) is 0. The molecule has 0 spiro atoms. The Hall–Kier alpha value is -2.13. The highest BCUT2D eigenvalue weighted by molar-refractivity contribution is 5.26. The highest BCUT2D eigenvalue weighted by Crippen LogP contribution is 2.28. The first-order chi connectivity index (χ1) is 10.3. The Morgan fingerprint density at radius 3 is 3.00 bits per heavy atom. The molecule has 2 aromatic heterocycles. The molecule has 108 valence electrons. The monoisotopic (exact) mass is 283 g/mol. The van der Waals surface area contributed by atoms with Crippen molar-refractivity contribution in [1.82, 2.24) is 19.8 Å². The topological polar surface area (TPSA) is 70.9 Å². The van der Waals surface area contributed by atoms with Crippen molar-refractivity contribution >= 4 is 0 Å². The number of aryl methyl sites for hydroxylation is 1. The fourth-order valence-electron chi connectivity index (χ4n) is 3.22. The van der Waals surface area contributed by atoms with Gasteiger partial charge in [-0.05, 0) is 19.3 Å². The largest absolute Gasteiger partial charge is 0.361 e. The van der Waals surface area contributed by atoms with Crippen LogP contribution in [0.1, 0.15) is 41.5 Å². The van der Waals surface area contributed by atoms with Gasteiger partial charge in [0, 0.05) is 37.8 Å². The van der Waals surface area contributed by atoms with Crippen LogP contribution >= 0.6 is 0 Å². The van der Waals surface area contributed by atoms with Crippen LogP contribution in [0.5, 0.6) is 0 Å². The van der Waals surface area contributed by atoms with Gasteiger partial charge in [0.15, 0.2) is 0 Å². The third-order valence-electron chi connectivity index (χ3n) is 4.45. The van der Waals surface area contributed by atoms with E-state index in [9.17, 15) is 0 Å². The number of hydrogen-bond donors (Lipinski definition) is 0. The minimum Gasteiger partial charge on any atom is -0.361 e. The zero-order valence-electron chi connectivity index (χ0n) is 11.8. The van der Waals surface area contributed by atoms with Crippen molar-refractivity contribution in [2.45, 2.75) is 38.3 Å². The lowest BCUT2D eigenvalue weighted by Crippen LogP contribution is -2.47. The van der Waals surface area contributed by atoms with Crippen molar-refractivity contribution in [2.75, 3.05) is 13.1 Å². The molecule has 3 heterocycles. The van der Waals surface area contributed by atoms with Crippen LogP contribution in [-0.4, -0.2) is 32.9 Å². The Morgan fingerprint density at radius 1 is 1.33 bits per heavy atom. The zero-order chi connectivity index (χ0) is 14.2. The van der Waals surface area contributed by atoms with E-state index in [1.54, 1.807) is 6.20 Å². The van der Waals surface area contributed by atoms with Crippen LogP contribution in [0.15, 0.2) is 16.9 Å². The molecular formula is C15H17N5O. The summed E-state index contributed by atoms with van der Waals surface area (Å²) in [6.45, 7) is 2.77. The van der Waals surface area contributed by atoms with E-state index in [1.165, 1.54) is 18.4 Å². The minimum atomic E-state index is 0.370. The molecule has 0 radical (unpaired) electrons. The van der Waals surface area contributed by atoms with Crippen LogP contribution in [0.4, 0.5) is 0 Å². The van der Waals surface area contributed by atoms with E-state index in [-0.39, 0.29) is 0 Å². The van der Waals surface area contributed by atoms with Crippen LogP contribution in [-0.2, 0) is 19.4 Å². The fourth-order valence-corrected chi connectivity index (χ4v) is 3.22. The van der Waals surface area contributed by atoms with E-state index in [1.807, 2.05) is 10.9 Å². The molecule has 1 aliphatic heterocycles. The number of rotatable bonds is 3. The molecule has 0 saturated carbocycles. The van der Waals surface area contributed by atoms with Gasteiger partial charge in [0.2, 0.25) is 0 Å². The summed E-state index contributed by atoms with van der Waals surface area (Å²) >= 11 is 0. The third kappa shape index (κ3) is 2.24. The maximum Gasteiger partial charge on any atom is 0.140 e. The van der Waals surface area contributed by atoms with E-state index in [2.05, 4.69) is 21.2 Å². The van der Waals surface area contributed by atoms with Crippen LogP contribution < -0.4 is 0 Å². The average molecular weight is 283 g/mol. The van der Waals surface area contributed by atoms with E-state index in [0.29, 0.717) is 11.6 Å². The molecule has 6 heteroatoms. The molecule has 0 amide bonds. The van der Waals surface area contributed by atoms with Gasteiger partial charge in [-0.2, -0.15) is 10.4 Å². The molecule has 4 rings (SSSR count). The summed E-state index contributed by atoms with van der Waals surface area (Å²) in [6, 6.07) is 2.48. The van der Waals surface area contributed by atoms with Gasteiger partial charge in [-0.1, -0.05) is 5.16 Å². The van der Waals surface area contributed by atoms with Crippen molar-refractivity contribution in [3.05, 3.63) is 35.0 Å². The summed E-state index contributed by atoms with van der Waals surface area (Å²) in [6.07, 6.45) is 8.05. The van der Waals surface area contributed by atoms with Crippen LogP contribution in [0.2, 0.25) is 0 Å². The van der Waals surface area contributed by atoms with Gasteiger partial charge in [0.05, 0.1) is 17.8 Å². The standard InChI is InChI=1S/C15H17N5O/c16-5-11-6-17-20(7-11)12-8-19(9-12)10-14-13-3-1-2-4-15(13)21-18-14/h6-7,12H,1-4,8-10H2. The predicted octanol–water partition coefficient (Wildman–Crippen LogP) is 1.68. The zero-order valence-corrected chi connectivity index (χ0v) is 11.8. The normalized spacial score (nSPS) is 19.0. The molecule has 0 N–H and O–H groups in total. The van der Waals surface area contributed by atoms with Crippen molar-refractivity contribution in [3.63, 3.8) is 0 Å². The summed E-state index contributed by atoms with van der Waals surface area (Å²) in [5.74, 6) is 1.10. The third-order valence-corrected chi connectivity index (χ3v) is 4.45. The first-order valence-corrected chi connectivity index (χ1v) is 7.46. The summed E-state index contributed by atoms with van der Waals surface area (Å²) in [5.41, 5.74) is 3.08. The lowest BCUT2D eigenvalue weighted by Gasteiger charge is -2.38. The number of hydrogen-bond acceptors (Lipinski definition) is 5. The SMILES string of the molecule is N#Cc1cnn(C2CN(Cc3noc4c3CCCC4)C2)c1. The second-order valence-corrected chi connectivity index (χ2v) is 5.91. The minimum absolute atomic E-state index is 0.370. The number of likely N-dealkylation sites (tertiary alicyclic amines) is 1. The van der Waals surface area contributed by atoms with Crippen molar-refractivity contribution in [1.29, 1.82) is 5.26 Å². The van der Waals surface area contributed by atoms with E-state index >= 15 is 0 Å². The van der Waals surface area contributed by atoms with Gasteiger partial charge in [-0.3, -0.25) is 9.58 Å². The summed E-state index contributed by atoms with van der Waals surface area (Å²) < 4.78 is 7.35. The highest BCUT2D eigenvalue weighted by atomic mass is 16.5. The average Bonchev–Trinajstić information content (AvgIpc) is 3.09. The van der Waals surface area contributed by atoms with Crippen LogP contribution in [0, 0.1) is 11.3 Å². The Labute approximate surface area is 122 Å². The van der Waals surface area contributed by atoms with Gasteiger partial charge in [0.25, 0.3) is 0 Å². The van der Waals surface area contributed by atoms with Gasteiger partial charge < -0.3 is 4.52 Å². The van der Waals surface area contributed by atoms with Gasteiger partial charge in [0.1, 0.15) is 17.5 Å². The second kappa shape index (κ2) is 5.01. The molecule has 2 aromatic rings. The lowest BCUT2D eigenvalue weighted by molar-refractivity contribution is 0.0881. The van der Waals surface area contributed by atoms with Crippen LogP contribution in [0.25, 0.3) is 0 Å². The lowest BCUT2D eigenvalue weighted by atomic mass is 9.96. The Kier molecular flexibility index (Phi) is 3.00. The van der Waals surface area contributed by atoms with Crippen molar-refractivity contribution in [3.8, 4) is 6.07 Å².